The zero-order valence-electron chi connectivity index (χ0n) is 23.4. The van der Waals surface area contributed by atoms with Gasteiger partial charge >= 0.3 is 6.09 Å². The van der Waals surface area contributed by atoms with Crippen LogP contribution in [0.15, 0.2) is 48.5 Å². The van der Waals surface area contributed by atoms with Gasteiger partial charge in [0.1, 0.15) is 17.7 Å². The minimum Gasteiger partial charge on any atom is -0.444 e. The Balaban J connectivity index is 2.44. The molecule has 3 amide bonds. The van der Waals surface area contributed by atoms with Crippen molar-refractivity contribution in [2.75, 3.05) is 11.9 Å². The minimum absolute atomic E-state index is 0.295. The van der Waals surface area contributed by atoms with Crippen LogP contribution in [0.2, 0.25) is 0 Å². The fourth-order valence-electron chi connectivity index (χ4n) is 4.13. The maximum Gasteiger partial charge on any atom is 0.408 e. The van der Waals surface area contributed by atoms with Crippen molar-refractivity contribution in [2.45, 2.75) is 91.8 Å². The molecule has 0 aliphatic carbocycles. The maximum absolute atomic E-state index is 13.9. The van der Waals surface area contributed by atoms with Gasteiger partial charge in [-0.1, -0.05) is 68.7 Å². The number of rotatable bonds is 11. The van der Waals surface area contributed by atoms with E-state index in [4.69, 9.17) is 4.74 Å². The molecule has 2 rings (SSSR count). The molecule has 2 aromatic carbocycles. The van der Waals surface area contributed by atoms with Crippen molar-refractivity contribution >= 4 is 23.6 Å². The van der Waals surface area contributed by atoms with Gasteiger partial charge in [0.2, 0.25) is 5.91 Å². The molecule has 0 fully saturated rings. The number of nitrogens with one attached hydrogen (secondary N) is 2. The van der Waals surface area contributed by atoms with Crippen molar-refractivity contribution in [3.63, 3.8) is 0 Å². The average molecular weight is 510 g/mol. The third-order valence-electron chi connectivity index (χ3n) is 6.09. The second kappa shape index (κ2) is 13.8. The van der Waals surface area contributed by atoms with Gasteiger partial charge in [-0.05, 0) is 70.7 Å². The minimum atomic E-state index is -0.876. The molecule has 2 atom stereocenters. The smallest absolute Gasteiger partial charge is 0.408 e. The first-order valence-electron chi connectivity index (χ1n) is 13.2. The number of aryl methyl sites for hydroxylation is 2. The van der Waals surface area contributed by atoms with Gasteiger partial charge < -0.3 is 20.3 Å². The molecule has 2 aromatic rings. The molecule has 7 nitrogen and oxygen atoms in total. The van der Waals surface area contributed by atoms with E-state index in [1.54, 1.807) is 32.6 Å². The normalized spacial score (nSPS) is 12.8. The monoisotopic (exact) mass is 509 g/mol. The van der Waals surface area contributed by atoms with Crippen LogP contribution in [0.4, 0.5) is 10.5 Å². The van der Waals surface area contributed by atoms with Gasteiger partial charge in [-0.3, -0.25) is 9.59 Å². The third-order valence-corrected chi connectivity index (χ3v) is 6.09. The number of anilines is 1. The Morgan fingerprint density at radius 3 is 2.14 bits per heavy atom. The van der Waals surface area contributed by atoms with E-state index in [-0.39, 0.29) is 11.8 Å². The van der Waals surface area contributed by atoms with Crippen molar-refractivity contribution in [1.82, 2.24) is 10.2 Å². The number of carbonyl (C=O) groups is 3. The first kappa shape index (κ1) is 29.9. The van der Waals surface area contributed by atoms with E-state index in [9.17, 15) is 14.4 Å². The lowest BCUT2D eigenvalue weighted by Crippen LogP contribution is -2.51. The molecule has 0 radical (unpaired) electrons. The van der Waals surface area contributed by atoms with Crippen molar-refractivity contribution < 1.29 is 19.1 Å². The molecule has 2 N–H and O–H groups in total. The largest absolute Gasteiger partial charge is 0.444 e. The summed E-state index contributed by atoms with van der Waals surface area (Å²) in [5, 5.41) is 5.69. The second-order valence-corrected chi connectivity index (χ2v) is 10.5. The van der Waals surface area contributed by atoms with Crippen molar-refractivity contribution in [3.8, 4) is 0 Å². The number of ether oxygens (including phenoxy) is 1. The average Bonchev–Trinajstić information content (AvgIpc) is 2.81. The van der Waals surface area contributed by atoms with Gasteiger partial charge in [0.25, 0.3) is 5.91 Å². The molecule has 0 saturated carbocycles. The van der Waals surface area contributed by atoms with Crippen LogP contribution in [0.5, 0.6) is 0 Å². The predicted octanol–water partition coefficient (Wildman–Crippen LogP) is 6.31. The number of alkyl carbamates (subject to hydrolysis) is 1. The van der Waals surface area contributed by atoms with E-state index >= 15 is 0 Å². The molecule has 7 heteroatoms. The first-order chi connectivity index (χ1) is 17.4. The summed E-state index contributed by atoms with van der Waals surface area (Å²) in [6.45, 7) is 13.3. The Morgan fingerprint density at radius 1 is 0.919 bits per heavy atom. The predicted molar refractivity (Wildman–Crippen MR) is 148 cm³/mol. The van der Waals surface area contributed by atoms with Crippen LogP contribution in [0.1, 0.15) is 83.0 Å². The molecule has 0 spiro atoms. The highest BCUT2D eigenvalue weighted by Gasteiger charge is 2.35. The SMILES string of the molecule is CCCCCCN(C(=O)C(C)NC(=O)OC(C)(C)C)C(C(=O)Nc1ccccc1C)c1ccccc1C. The molecule has 0 saturated heterocycles. The van der Waals surface area contributed by atoms with E-state index in [0.717, 1.165) is 42.4 Å². The highest BCUT2D eigenvalue weighted by molar-refractivity contribution is 5.99. The van der Waals surface area contributed by atoms with Crippen LogP contribution in [0, 0.1) is 13.8 Å². The van der Waals surface area contributed by atoms with E-state index in [1.165, 1.54) is 0 Å². The zero-order valence-corrected chi connectivity index (χ0v) is 23.4. The lowest BCUT2D eigenvalue weighted by Gasteiger charge is -2.34. The van der Waals surface area contributed by atoms with E-state index in [0.29, 0.717) is 12.2 Å². The number of amides is 3. The summed E-state index contributed by atoms with van der Waals surface area (Å²) in [7, 11) is 0. The van der Waals surface area contributed by atoms with Crippen LogP contribution < -0.4 is 10.6 Å². The highest BCUT2D eigenvalue weighted by atomic mass is 16.6. The number of unbranched alkanes of at least 4 members (excludes halogenated alkanes) is 3. The van der Waals surface area contributed by atoms with Gasteiger partial charge in [-0.15, -0.1) is 0 Å². The molecule has 0 heterocycles. The lowest BCUT2D eigenvalue weighted by atomic mass is 9.97. The molecule has 2 unspecified atom stereocenters. The summed E-state index contributed by atoms with van der Waals surface area (Å²) >= 11 is 0. The van der Waals surface area contributed by atoms with E-state index in [2.05, 4.69) is 17.6 Å². The number of carbonyl (C=O) groups excluding carboxylic acids is 3. The van der Waals surface area contributed by atoms with Crippen molar-refractivity contribution in [3.05, 3.63) is 65.2 Å². The second-order valence-electron chi connectivity index (χ2n) is 10.5. The Kier molecular flexibility index (Phi) is 11.2. The van der Waals surface area contributed by atoms with Gasteiger partial charge in [-0.25, -0.2) is 4.79 Å². The number of hydrogen-bond donors (Lipinski definition) is 2. The molecular weight excluding hydrogens is 466 g/mol. The standard InChI is InChI=1S/C30H43N3O4/c1-8-9-10-15-20-33(28(35)23(4)31-29(36)37-30(5,6)7)26(24-18-13-11-16-21(24)2)27(34)32-25-19-14-12-17-22(25)3/h11-14,16-19,23,26H,8-10,15,20H2,1-7H3,(H,31,36)(H,32,34). The summed E-state index contributed by atoms with van der Waals surface area (Å²) in [6, 6.07) is 13.4. The summed E-state index contributed by atoms with van der Waals surface area (Å²) in [5.41, 5.74) is 2.60. The number of hydrogen-bond acceptors (Lipinski definition) is 4. The molecule has 0 aliphatic rings. The van der Waals surface area contributed by atoms with Crippen molar-refractivity contribution in [1.29, 1.82) is 0 Å². The lowest BCUT2D eigenvalue weighted by molar-refractivity contribution is -0.140. The maximum atomic E-state index is 13.9. The molecule has 0 bridgehead atoms. The molecule has 0 aliphatic heterocycles. The zero-order chi connectivity index (χ0) is 27.6. The van der Waals surface area contributed by atoms with Gasteiger partial charge in [-0.2, -0.15) is 0 Å². The molecule has 202 valence electrons. The fourth-order valence-corrected chi connectivity index (χ4v) is 4.13. The number of benzene rings is 2. The van der Waals surface area contributed by atoms with Crippen LogP contribution >= 0.6 is 0 Å². The Bertz CT molecular complexity index is 1060. The van der Waals surface area contributed by atoms with Crippen molar-refractivity contribution in [2.24, 2.45) is 0 Å². The molecule has 0 aromatic heterocycles. The highest BCUT2D eigenvalue weighted by Crippen LogP contribution is 2.28. The Labute approximate surface area is 222 Å². The Hall–Kier alpha value is -3.35. The molecule has 37 heavy (non-hydrogen) atoms. The van der Waals surface area contributed by atoms with Gasteiger partial charge in [0.05, 0.1) is 0 Å². The number of para-hydroxylation sites is 1. The number of nitrogens with zero attached hydrogens (tertiary/aromatic N) is 1. The van der Waals surface area contributed by atoms with E-state index in [1.807, 2.05) is 62.4 Å². The third kappa shape index (κ3) is 9.23. The van der Waals surface area contributed by atoms with Gasteiger partial charge in [0.15, 0.2) is 0 Å². The summed E-state index contributed by atoms with van der Waals surface area (Å²) in [4.78, 5) is 41.7. The van der Waals surface area contributed by atoms with E-state index < -0.39 is 23.8 Å². The fraction of sp³-hybridized carbons (Fsp3) is 0.500. The van der Waals surface area contributed by atoms with Crippen LogP contribution in [0.3, 0.4) is 0 Å². The van der Waals surface area contributed by atoms with Crippen LogP contribution in [-0.4, -0.2) is 41.0 Å². The quantitative estimate of drug-likeness (QED) is 0.348. The van der Waals surface area contributed by atoms with Crippen LogP contribution in [0.25, 0.3) is 0 Å². The summed E-state index contributed by atoms with van der Waals surface area (Å²) < 4.78 is 5.36. The molecular formula is C30H43N3O4. The first-order valence-corrected chi connectivity index (χ1v) is 13.2. The Morgan fingerprint density at radius 2 is 1.54 bits per heavy atom. The summed E-state index contributed by atoms with van der Waals surface area (Å²) in [5.74, 6) is -0.632. The van der Waals surface area contributed by atoms with Gasteiger partial charge in [0, 0.05) is 12.2 Å². The summed E-state index contributed by atoms with van der Waals surface area (Å²) in [6.07, 6.45) is 3.11. The van der Waals surface area contributed by atoms with Crippen LogP contribution in [-0.2, 0) is 14.3 Å². The topological polar surface area (TPSA) is 87.7 Å².